The fraction of sp³-hybridized carbons (Fsp3) is 0.241. The van der Waals surface area contributed by atoms with Crippen molar-refractivity contribution in [2.24, 2.45) is 5.73 Å². The topological polar surface area (TPSA) is 101 Å². The van der Waals surface area contributed by atoms with E-state index < -0.39 is 17.7 Å². The van der Waals surface area contributed by atoms with Crippen molar-refractivity contribution in [1.29, 1.82) is 0 Å². The molecule has 0 atom stereocenters. The van der Waals surface area contributed by atoms with Gasteiger partial charge in [-0.3, -0.25) is 4.98 Å². The Morgan fingerprint density at radius 3 is 2.63 bits per heavy atom. The first kappa shape index (κ1) is 25.4. The standard InChI is InChI=1S/C29H28F2N4O3/c1-38-21-12-18(11-19(30)14-21)24-15-33-27-6-5-17(13-23(27)28(24)35-9-7-20(32)8-10-35)22-3-2-4-26(31)25(22)16-34-29(36)37/h2-6,11-15,20,34H,7-10,16,32H2,1H3,(H,36,37). The molecule has 1 aromatic heterocycles. The normalized spacial score (nSPS) is 14.1. The number of rotatable bonds is 6. The van der Waals surface area contributed by atoms with Crippen LogP contribution in [0, 0.1) is 11.6 Å². The van der Waals surface area contributed by atoms with Crippen LogP contribution in [0.25, 0.3) is 33.2 Å². The number of hydrogen-bond donors (Lipinski definition) is 3. The molecule has 4 aromatic rings. The Bertz CT molecular complexity index is 1500. The molecule has 0 radical (unpaired) electrons. The van der Waals surface area contributed by atoms with Gasteiger partial charge in [0.25, 0.3) is 0 Å². The van der Waals surface area contributed by atoms with Crippen molar-refractivity contribution in [1.82, 2.24) is 10.3 Å². The maximum atomic E-state index is 14.8. The van der Waals surface area contributed by atoms with Crippen molar-refractivity contribution >= 4 is 22.7 Å². The molecule has 4 N–H and O–H groups in total. The highest BCUT2D eigenvalue weighted by molar-refractivity contribution is 6.02. The number of halogens is 2. The predicted octanol–water partition coefficient (Wildman–Crippen LogP) is 5.55. The van der Waals surface area contributed by atoms with Crippen molar-refractivity contribution in [3.05, 3.63) is 78.0 Å². The molecule has 0 saturated carbocycles. The summed E-state index contributed by atoms with van der Waals surface area (Å²) in [6, 6.07) is 15.0. The van der Waals surface area contributed by atoms with Crippen LogP contribution in [-0.2, 0) is 6.54 Å². The number of fused-ring (bicyclic) bond motifs is 1. The molecular weight excluding hydrogens is 490 g/mol. The van der Waals surface area contributed by atoms with Gasteiger partial charge in [-0.05, 0) is 59.9 Å². The van der Waals surface area contributed by atoms with Crippen LogP contribution in [0.2, 0.25) is 0 Å². The number of anilines is 1. The monoisotopic (exact) mass is 518 g/mol. The van der Waals surface area contributed by atoms with E-state index in [1.807, 2.05) is 18.2 Å². The van der Waals surface area contributed by atoms with E-state index in [0.29, 0.717) is 22.4 Å². The summed E-state index contributed by atoms with van der Waals surface area (Å²) in [5.41, 5.74) is 10.7. The number of carbonyl (C=O) groups is 1. The summed E-state index contributed by atoms with van der Waals surface area (Å²) in [6.07, 6.45) is 2.13. The van der Waals surface area contributed by atoms with E-state index in [1.165, 1.54) is 25.3 Å². The number of piperidine rings is 1. The van der Waals surface area contributed by atoms with Crippen LogP contribution in [0.4, 0.5) is 19.3 Å². The lowest BCUT2D eigenvalue weighted by molar-refractivity contribution is 0.194. The molecule has 0 spiro atoms. The van der Waals surface area contributed by atoms with E-state index in [9.17, 15) is 13.6 Å². The molecule has 196 valence electrons. The van der Waals surface area contributed by atoms with Gasteiger partial charge in [0.15, 0.2) is 0 Å². The van der Waals surface area contributed by atoms with Gasteiger partial charge < -0.3 is 25.8 Å². The summed E-state index contributed by atoms with van der Waals surface area (Å²) in [4.78, 5) is 18.0. The number of carboxylic acid groups (broad SMARTS) is 1. The van der Waals surface area contributed by atoms with Crippen LogP contribution in [0.1, 0.15) is 18.4 Å². The Morgan fingerprint density at radius 2 is 1.89 bits per heavy atom. The first-order valence-electron chi connectivity index (χ1n) is 12.4. The van der Waals surface area contributed by atoms with Gasteiger partial charge in [0.1, 0.15) is 17.4 Å². The van der Waals surface area contributed by atoms with Gasteiger partial charge >= 0.3 is 6.09 Å². The first-order valence-corrected chi connectivity index (χ1v) is 12.4. The van der Waals surface area contributed by atoms with Crippen molar-refractivity contribution in [3.8, 4) is 28.0 Å². The summed E-state index contributed by atoms with van der Waals surface area (Å²) in [7, 11) is 1.49. The van der Waals surface area contributed by atoms with Gasteiger partial charge in [0.05, 0.1) is 18.3 Å². The molecule has 1 fully saturated rings. The number of nitrogens with zero attached hydrogens (tertiary/aromatic N) is 2. The number of amides is 1. The number of aromatic nitrogens is 1. The van der Waals surface area contributed by atoms with Crippen molar-refractivity contribution in [3.63, 3.8) is 0 Å². The van der Waals surface area contributed by atoms with E-state index >= 15 is 0 Å². The molecule has 0 unspecified atom stereocenters. The van der Waals surface area contributed by atoms with E-state index in [0.717, 1.165) is 48.1 Å². The largest absolute Gasteiger partial charge is 0.497 e. The number of nitrogens with one attached hydrogen (secondary N) is 1. The zero-order chi connectivity index (χ0) is 26.8. The fourth-order valence-electron chi connectivity index (χ4n) is 5.03. The molecule has 38 heavy (non-hydrogen) atoms. The smallest absolute Gasteiger partial charge is 0.404 e. The lowest BCUT2D eigenvalue weighted by Gasteiger charge is -2.34. The lowest BCUT2D eigenvalue weighted by atomic mass is 9.94. The quantitative estimate of drug-likeness (QED) is 0.309. The zero-order valence-corrected chi connectivity index (χ0v) is 20.9. The highest BCUT2D eigenvalue weighted by atomic mass is 19.1. The first-order chi connectivity index (χ1) is 18.3. The second-order valence-electron chi connectivity index (χ2n) is 9.38. The summed E-state index contributed by atoms with van der Waals surface area (Å²) < 4.78 is 34.6. The molecule has 5 rings (SSSR count). The van der Waals surface area contributed by atoms with Gasteiger partial charge in [-0.2, -0.15) is 0 Å². The van der Waals surface area contributed by atoms with Crippen LogP contribution in [0.3, 0.4) is 0 Å². The molecule has 1 saturated heterocycles. The molecule has 1 amide bonds. The molecule has 0 bridgehead atoms. The third-order valence-corrected chi connectivity index (χ3v) is 6.96. The lowest BCUT2D eigenvalue weighted by Crippen LogP contribution is -2.40. The third-order valence-electron chi connectivity index (χ3n) is 6.96. The van der Waals surface area contributed by atoms with Crippen LogP contribution in [-0.4, -0.2) is 42.4 Å². The van der Waals surface area contributed by atoms with Crippen LogP contribution < -0.4 is 20.7 Å². The fourth-order valence-corrected chi connectivity index (χ4v) is 5.03. The van der Waals surface area contributed by atoms with Gasteiger partial charge in [-0.1, -0.05) is 18.2 Å². The predicted molar refractivity (Wildman–Crippen MR) is 143 cm³/mol. The molecule has 9 heteroatoms. The minimum atomic E-state index is -1.23. The minimum absolute atomic E-state index is 0.115. The number of methoxy groups -OCH3 is 1. The SMILES string of the molecule is COc1cc(F)cc(-c2cnc3ccc(-c4cccc(F)c4CNC(=O)O)cc3c2N2CCC(N)CC2)c1. The number of nitrogens with two attached hydrogens (primary N) is 1. The number of hydrogen-bond acceptors (Lipinski definition) is 5. The Kier molecular flexibility index (Phi) is 7.11. The molecule has 0 aliphatic carbocycles. The maximum Gasteiger partial charge on any atom is 0.404 e. The number of pyridine rings is 1. The van der Waals surface area contributed by atoms with Crippen LogP contribution >= 0.6 is 0 Å². The van der Waals surface area contributed by atoms with Crippen molar-refractivity contribution in [2.45, 2.75) is 25.4 Å². The number of ether oxygens (including phenoxy) is 1. The van der Waals surface area contributed by atoms with Crippen molar-refractivity contribution < 1.29 is 23.4 Å². The average Bonchev–Trinajstić information content (AvgIpc) is 2.91. The Labute approximate surface area is 218 Å². The van der Waals surface area contributed by atoms with E-state index in [-0.39, 0.29) is 18.2 Å². The van der Waals surface area contributed by atoms with Gasteiger partial charge in [0.2, 0.25) is 0 Å². The second-order valence-corrected chi connectivity index (χ2v) is 9.38. The van der Waals surface area contributed by atoms with E-state index in [4.69, 9.17) is 15.6 Å². The molecule has 3 aromatic carbocycles. The van der Waals surface area contributed by atoms with E-state index in [1.54, 1.807) is 24.4 Å². The Balaban J connectivity index is 1.72. The summed E-state index contributed by atoms with van der Waals surface area (Å²) >= 11 is 0. The van der Waals surface area contributed by atoms with Crippen LogP contribution in [0.15, 0.2) is 60.8 Å². The molecule has 2 heterocycles. The summed E-state index contributed by atoms with van der Waals surface area (Å²) in [6.45, 7) is 1.27. The van der Waals surface area contributed by atoms with Crippen molar-refractivity contribution in [2.75, 3.05) is 25.1 Å². The summed E-state index contributed by atoms with van der Waals surface area (Å²) in [5.74, 6) is -0.522. The summed E-state index contributed by atoms with van der Waals surface area (Å²) in [5, 5.41) is 12.2. The molecular formula is C29H28F2N4O3. The maximum absolute atomic E-state index is 14.8. The highest BCUT2D eigenvalue weighted by Crippen LogP contribution is 2.41. The highest BCUT2D eigenvalue weighted by Gasteiger charge is 2.23. The Morgan fingerprint density at radius 1 is 1.11 bits per heavy atom. The minimum Gasteiger partial charge on any atom is -0.497 e. The van der Waals surface area contributed by atoms with Gasteiger partial charge in [-0.15, -0.1) is 0 Å². The van der Waals surface area contributed by atoms with Gasteiger partial charge in [0, 0.05) is 54.5 Å². The second kappa shape index (κ2) is 10.6. The third kappa shape index (κ3) is 5.10. The number of benzene rings is 3. The zero-order valence-electron chi connectivity index (χ0n) is 20.9. The van der Waals surface area contributed by atoms with E-state index in [2.05, 4.69) is 15.2 Å². The molecule has 1 aliphatic heterocycles. The van der Waals surface area contributed by atoms with Crippen LogP contribution in [0.5, 0.6) is 5.75 Å². The average molecular weight is 519 g/mol. The van der Waals surface area contributed by atoms with Gasteiger partial charge in [-0.25, -0.2) is 13.6 Å². The molecule has 1 aliphatic rings. The Hall–Kier alpha value is -4.24. The molecule has 7 nitrogen and oxygen atoms in total.